The Balaban J connectivity index is 3.33. The van der Waals surface area contributed by atoms with E-state index in [2.05, 4.69) is 0 Å². The molecule has 0 fully saturated rings. The van der Waals surface area contributed by atoms with Crippen LogP contribution in [0.2, 0.25) is 0 Å². The highest BCUT2D eigenvalue weighted by molar-refractivity contribution is 5.55. The first-order valence-electron chi connectivity index (χ1n) is 4.84. The van der Waals surface area contributed by atoms with Crippen molar-refractivity contribution in [2.75, 3.05) is 0 Å². The number of alkyl halides is 3. The van der Waals surface area contributed by atoms with Crippen molar-refractivity contribution in [2.24, 2.45) is 0 Å². The van der Waals surface area contributed by atoms with E-state index < -0.39 is 29.2 Å². The van der Waals surface area contributed by atoms with Gasteiger partial charge in [-0.25, -0.2) is 0 Å². The molecule has 0 saturated carbocycles. The number of aldehydes is 1. The predicted octanol–water partition coefficient (Wildman–Crippen LogP) is 2.81. The Morgan fingerprint density at radius 2 is 1.94 bits per heavy atom. The summed E-state index contributed by atoms with van der Waals surface area (Å²) >= 11 is 0. The lowest BCUT2D eigenvalue weighted by molar-refractivity contribution is -0.138. The molecule has 0 heterocycles. The van der Waals surface area contributed by atoms with Crippen LogP contribution in [-0.4, -0.2) is 16.5 Å². The Hall–Kier alpha value is -1.72. The normalized spacial score (nSPS) is 13.4. The fourth-order valence-electron chi connectivity index (χ4n) is 1.50. The van der Waals surface area contributed by atoms with E-state index in [1.54, 1.807) is 0 Å². The number of rotatable bonds is 3. The quantitative estimate of drug-likeness (QED) is 0.638. The third-order valence-corrected chi connectivity index (χ3v) is 2.41. The number of benzene rings is 1. The first-order valence-corrected chi connectivity index (χ1v) is 4.84. The molecular formula is C11H11F3O3. The minimum atomic E-state index is -4.75. The molecule has 1 rings (SSSR count). The van der Waals surface area contributed by atoms with E-state index >= 15 is 0 Å². The van der Waals surface area contributed by atoms with Crippen LogP contribution < -0.4 is 0 Å². The number of aromatic hydroxyl groups is 2. The van der Waals surface area contributed by atoms with Crippen LogP contribution in [0.5, 0.6) is 11.5 Å². The number of carbonyl (C=O) groups excluding carboxylic acids is 1. The van der Waals surface area contributed by atoms with E-state index in [-0.39, 0.29) is 12.0 Å². The lowest BCUT2D eigenvalue weighted by atomic mass is 9.94. The largest absolute Gasteiger partial charge is 0.508 e. The maximum Gasteiger partial charge on any atom is 0.420 e. The molecule has 3 nitrogen and oxygen atoms in total. The molecule has 1 aromatic rings. The number of phenolic OH excluding ortho intramolecular Hbond substituents is 2. The first kappa shape index (κ1) is 13.3. The molecule has 6 heteroatoms. The van der Waals surface area contributed by atoms with Gasteiger partial charge in [-0.05, 0) is 18.1 Å². The summed E-state index contributed by atoms with van der Waals surface area (Å²) in [4.78, 5) is 10.3. The molecule has 0 bridgehead atoms. The van der Waals surface area contributed by atoms with Crippen molar-refractivity contribution in [3.05, 3.63) is 23.3 Å². The van der Waals surface area contributed by atoms with E-state index in [4.69, 9.17) is 0 Å². The van der Waals surface area contributed by atoms with E-state index in [1.165, 1.54) is 6.92 Å². The summed E-state index contributed by atoms with van der Waals surface area (Å²) in [6, 6.07) is 1.48. The third-order valence-electron chi connectivity index (χ3n) is 2.41. The Kier molecular flexibility index (Phi) is 3.65. The van der Waals surface area contributed by atoms with Crippen molar-refractivity contribution < 1.29 is 28.2 Å². The van der Waals surface area contributed by atoms with Crippen LogP contribution in [0.25, 0.3) is 0 Å². The number of hydrogen-bond acceptors (Lipinski definition) is 3. The average molecular weight is 248 g/mol. The van der Waals surface area contributed by atoms with Gasteiger partial charge in [0.2, 0.25) is 0 Å². The second-order valence-corrected chi connectivity index (χ2v) is 3.73. The van der Waals surface area contributed by atoms with Crippen molar-refractivity contribution in [2.45, 2.75) is 25.4 Å². The second kappa shape index (κ2) is 4.65. The van der Waals surface area contributed by atoms with Gasteiger partial charge in [0.25, 0.3) is 0 Å². The smallest absolute Gasteiger partial charge is 0.420 e. The fraction of sp³-hybridized carbons (Fsp3) is 0.364. The molecule has 0 amide bonds. The molecule has 1 aromatic carbocycles. The van der Waals surface area contributed by atoms with Crippen LogP contribution in [0.1, 0.15) is 30.4 Å². The number of phenols is 2. The van der Waals surface area contributed by atoms with Crippen LogP contribution in [0.4, 0.5) is 13.2 Å². The average Bonchev–Trinajstić information content (AvgIpc) is 2.19. The zero-order valence-electron chi connectivity index (χ0n) is 8.95. The van der Waals surface area contributed by atoms with Gasteiger partial charge < -0.3 is 15.0 Å². The summed E-state index contributed by atoms with van der Waals surface area (Å²) in [5, 5.41) is 18.7. The van der Waals surface area contributed by atoms with E-state index in [9.17, 15) is 28.2 Å². The standard InChI is InChI=1S/C11H11F3O3/c1-6(2-3-15)8-4-7(16)5-9(10(8)17)11(12,13)14/h3-6,16-17H,2H2,1H3. The number of carbonyl (C=O) groups is 1. The molecule has 17 heavy (non-hydrogen) atoms. The van der Waals surface area contributed by atoms with Gasteiger partial charge in [0.05, 0.1) is 0 Å². The van der Waals surface area contributed by atoms with E-state index in [1.807, 2.05) is 0 Å². The minimum Gasteiger partial charge on any atom is -0.508 e. The topological polar surface area (TPSA) is 57.5 Å². The Morgan fingerprint density at radius 3 is 2.41 bits per heavy atom. The molecule has 0 aliphatic heterocycles. The van der Waals surface area contributed by atoms with Gasteiger partial charge in [0.1, 0.15) is 23.3 Å². The van der Waals surface area contributed by atoms with Crippen molar-refractivity contribution in [1.82, 2.24) is 0 Å². The number of halogens is 3. The molecule has 1 unspecified atom stereocenters. The molecule has 94 valence electrons. The van der Waals surface area contributed by atoms with E-state index in [0.29, 0.717) is 12.4 Å². The highest BCUT2D eigenvalue weighted by Gasteiger charge is 2.36. The third kappa shape index (κ3) is 2.89. The van der Waals surface area contributed by atoms with Gasteiger partial charge >= 0.3 is 6.18 Å². The van der Waals surface area contributed by atoms with Gasteiger partial charge in [-0.2, -0.15) is 13.2 Å². The van der Waals surface area contributed by atoms with Crippen molar-refractivity contribution in [1.29, 1.82) is 0 Å². The van der Waals surface area contributed by atoms with Gasteiger partial charge in [0, 0.05) is 12.0 Å². The van der Waals surface area contributed by atoms with Crippen molar-refractivity contribution >= 4 is 6.29 Å². The zero-order valence-corrected chi connectivity index (χ0v) is 8.95. The minimum absolute atomic E-state index is 0.0334. The monoisotopic (exact) mass is 248 g/mol. The lowest BCUT2D eigenvalue weighted by Gasteiger charge is -2.16. The second-order valence-electron chi connectivity index (χ2n) is 3.73. The summed E-state index contributed by atoms with van der Waals surface area (Å²) in [6.07, 6.45) is -4.24. The Bertz CT molecular complexity index is 427. The van der Waals surface area contributed by atoms with Gasteiger partial charge in [-0.3, -0.25) is 0 Å². The van der Waals surface area contributed by atoms with E-state index in [0.717, 1.165) is 6.07 Å². The van der Waals surface area contributed by atoms with Crippen molar-refractivity contribution in [3.63, 3.8) is 0 Å². The Morgan fingerprint density at radius 1 is 1.35 bits per heavy atom. The highest BCUT2D eigenvalue weighted by atomic mass is 19.4. The first-order chi connectivity index (χ1) is 7.77. The van der Waals surface area contributed by atoms with Crippen LogP contribution in [0.3, 0.4) is 0 Å². The predicted molar refractivity (Wildman–Crippen MR) is 53.9 cm³/mol. The summed E-state index contributed by atoms with van der Waals surface area (Å²) < 4.78 is 37.6. The van der Waals surface area contributed by atoms with Crippen LogP contribution >= 0.6 is 0 Å². The molecule has 0 aliphatic rings. The molecule has 0 aromatic heterocycles. The summed E-state index contributed by atoms with van der Waals surface area (Å²) in [7, 11) is 0. The maximum absolute atomic E-state index is 12.5. The van der Waals surface area contributed by atoms with Gasteiger partial charge in [-0.1, -0.05) is 6.92 Å². The molecule has 0 spiro atoms. The molecule has 1 atom stereocenters. The maximum atomic E-state index is 12.5. The van der Waals surface area contributed by atoms with Gasteiger partial charge in [-0.15, -0.1) is 0 Å². The van der Waals surface area contributed by atoms with Crippen LogP contribution in [0, 0.1) is 0 Å². The Labute approximate surface area is 95.5 Å². The molecule has 0 aliphatic carbocycles. The SMILES string of the molecule is CC(CC=O)c1cc(O)cc(C(F)(F)F)c1O. The molecule has 2 N–H and O–H groups in total. The lowest BCUT2D eigenvalue weighted by Crippen LogP contribution is -2.07. The summed E-state index contributed by atoms with van der Waals surface area (Å²) in [5.74, 6) is -2.13. The van der Waals surface area contributed by atoms with Gasteiger partial charge in [0.15, 0.2) is 0 Å². The van der Waals surface area contributed by atoms with Crippen molar-refractivity contribution in [3.8, 4) is 11.5 Å². The zero-order chi connectivity index (χ0) is 13.2. The fourth-order valence-corrected chi connectivity index (χ4v) is 1.50. The number of hydrogen-bond donors (Lipinski definition) is 2. The summed E-state index contributed by atoms with van der Waals surface area (Å²) in [6.45, 7) is 1.49. The van der Waals surface area contributed by atoms with Crippen LogP contribution in [-0.2, 0) is 11.0 Å². The molecular weight excluding hydrogens is 237 g/mol. The molecule has 0 radical (unpaired) electrons. The molecule has 0 saturated heterocycles. The highest BCUT2D eigenvalue weighted by Crippen LogP contribution is 2.42. The van der Waals surface area contributed by atoms with Crippen LogP contribution in [0.15, 0.2) is 12.1 Å². The summed E-state index contributed by atoms with van der Waals surface area (Å²) in [5.41, 5.74) is -1.39.